The molecule has 0 heterocycles. The summed E-state index contributed by atoms with van der Waals surface area (Å²) >= 11 is 3.14. The zero-order chi connectivity index (χ0) is 17.3. The summed E-state index contributed by atoms with van der Waals surface area (Å²) in [6.07, 6.45) is -3.53. The average molecular weight is 413 g/mol. The molecular formula is C20H14BrO3P. The Labute approximate surface area is 153 Å². The molecule has 0 amide bonds. The molecule has 0 saturated heterocycles. The highest BCUT2D eigenvalue weighted by Gasteiger charge is 2.25. The maximum atomic E-state index is 12.9. The lowest BCUT2D eigenvalue weighted by Gasteiger charge is -2.16. The Hall–Kier alpha value is -2.29. The Balaban J connectivity index is 1.69. The molecule has 124 valence electrons. The fourth-order valence-electron chi connectivity index (χ4n) is 2.80. The fourth-order valence-corrected chi connectivity index (χ4v) is 4.57. The molecule has 0 aromatic heterocycles. The van der Waals surface area contributed by atoms with Crippen molar-refractivity contribution in [3.8, 4) is 11.5 Å². The van der Waals surface area contributed by atoms with Gasteiger partial charge in [0.1, 0.15) is 11.5 Å². The highest BCUT2D eigenvalue weighted by Crippen LogP contribution is 2.57. The van der Waals surface area contributed by atoms with Crippen molar-refractivity contribution in [1.82, 2.24) is 0 Å². The van der Waals surface area contributed by atoms with E-state index < -0.39 is 6.30 Å². The van der Waals surface area contributed by atoms with Crippen LogP contribution in [0.5, 0.6) is 11.5 Å². The normalized spacial score (nSPS) is 11.6. The van der Waals surface area contributed by atoms with Gasteiger partial charge in [0.15, 0.2) is 0 Å². The number of fused-ring (bicyclic) bond motifs is 2. The van der Waals surface area contributed by atoms with Gasteiger partial charge in [-0.25, -0.2) is 4.57 Å². The first-order chi connectivity index (χ1) is 12.1. The zero-order valence-electron chi connectivity index (χ0n) is 13.1. The van der Waals surface area contributed by atoms with E-state index >= 15 is 0 Å². The third kappa shape index (κ3) is 3.41. The van der Waals surface area contributed by atoms with Gasteiger partial charge in [-0.15, -0.1) is 0 Å². The summed E-state index contributed by atoms with van der Waals surface area (Å²) in [5.74, 6) is 1.03. The van der Waals surface area contributed by atoms with E-state index in [4.69, 9.17) is 9.05 Å². The second-order valence-corrected chi connectivity index (χ2v) is 9.40. The first-order valence-electron chi connectivity index (χ1n) is 7.77. The molecule has 3 nitrogen and oxygen atoms in total. The van der Waals surface area contributed by atoms with Crippen LogP contribution in [0.15, 0.2) is 84.9 Å². The van der Waals surface area contributed by atoms with Crippen molar-refractivity contribution in [2.24, 2.45) is 0 Å². The van der Waals surface area contributed by atoms with Crippen LogP contribution in [-0.2, 0) is 4.57 Å². The van der Waals surface area contributed by atoms with Crippen molar-refractivity contribution in [3.63, 3.8) is 0 Å². The van der Waals surface area contributed by atoms with Crippen LogP contribution in [0.2, 0.25) is 0 Å². The largest absolute Gasteiger partial charge is 0.498 e. The van der Waals surface area contributed by atoms with E-state index in [9.17, 15) is 4.57 Å². The van der Waals surface area contributed by atoms with Gasteiger partial charge in [-0.05, 0) is 22.9 Å². The van der Waals surface area contributed by atoms with Crippen molar-refractivity contribution >= 4 is 43.3 Å². The van der Waals surface area contributed by atoms with Gasteiger partial charge >= 0.3 is 6.30 Å². The van der Waals surface area contributed by atoms with Gasteiger partial charge in [0.25, 0.3) is 0 Å². The van der Waals surface area contributed by atoms with E-state index in [1.54, 1.807) is 12.1 Å². The van der Waals surface area contributed by atoms with Crippen LogP contribution < -0.4 is 9.05 Å². The molecule has 4 rings (SSSR count). The molecule has 0 fully saturated rings. The van der Waals surface area contributed by atoms with Crippen LogP contribution in [0.3, 0.4) is 0 Å². The summed E-state index contributed by atoms with van der Waals surface area (Å²) in [7, 11) is 0. The van der Waals surface area contributed by atoms with E-state index in [2.05, 4.69) is 15.5 Å². The van der Waals surface area contributed by atoms with Gasteiger partial charge in [0, 0.05) is 10.8 Å². The molecule has 0 bridgehead atoms. The van der Waals surface area contributed by atoms with Crippen LogP contribution in [0.1, 0.15) is 0 Å². The van der Waals surface area contributed by atoms with Gasteiger partial charge in [0.05, 0.1) is 15.5 Å². The fraction of sp³-hybridized carbons (Fsp3) is 0. The van der Waals surface area contributed by atoms with E-state index in [1.807, 2.05) is 72.8 Å². The summed E-state index contributed by atoms with van der Waals surface area (Å²) in [5, 5.41) is 3.78. The van der Waals surface area contributed by atoms with Crippen molar-refractivity contribution in [2.75, 3.05) is 0 Å². The Morgan fingerprint density at radius 2 is 1.00 bits per heavy atom. The zero-order valence-corrected chi connectivity index (χ0v) is 15.6. The molecule has 0 spiro atoms. The average Bonchev–Trinajstić information content (AvgIpc) is 2.62. The SMILES string of the molecule is O=P(Br)(Oc1cccc2ccccc12)Oc1cccc2ccccc12. The second-order valence-electron chi connectivity index (χ2n) is 5.57. The van der Waals surface area contributed by atoms with E-state index in [1.165, 1.54) is 0 Å². The molecule has 0 radical (unpaired) electrons. The number of hydrogen-bond acceptors (Lipinski definition) is 3. The lowest BCUT2D eigenvalue weighted by atomic mass is 10.1. The van der Waals surface area contributed by atoms with Gasteiger partial charge in [-0.2, -0.15) is 0 Å². The molecule has 5 heteroatoms. The van der Waals surface area contributed by atoms with E-state index in [0.717, 1.165) is 21.5 Å². The molecule has 4 aromatic carbocycles. The van der Waals surface area contributed by atoms with Gasteiger partial charge in [0.2, 0.25) is 0 Å². The molecule has 0 aliphatic heterocycles. The Bertz CT molecular complexity index is 1010. The number of benzene rings is 4. The van der Waals surface area contributed by atoms with Gasteiger partial charge in [-0.1, -0.05) is 72.8 Å². The van der Waals surface area contributed by atoms with Crippen molar-refractivity contribution in [2.45, 2.75) is 0 Å². The maximum absolute atomic E-state index is 12.9. The molecule has 0 unspecified atom stereocenters. The number of hydrogen-bond donors (Lipinski definition) is 0. The monoisotopic (exact) mass is 412 g/mol. The van der Waals surface area contributed by atoms with E-state index in [0.29, 0.717) is 11.5 Å². The molecule has 0 aliphatic rings. The highest BCUT2D eigenvalue weighted by molar-refractivity contribution is 9.39. The Morgan fingerprint density at radius 3 is 1.48 bits per heavy atom. The Morgan fingerprint density at radius 1 is 0.600 bits per heavy atom. The highest BCUT2D eigenvalue weighted by atomic mass is 79.9. The lowest BCUT2D eigenvalue weighted by molar-refractivity contribution is 0.413. The van der Waals surface area contributed by atoms with Crippen molar-refractivity contribution in [1.29, 1.82) is 0 Å². The van der Waals surface area contributed by atoms with Crippen LogP contribution in [-0.4, -0.2) is 0 Å². The van der Waals surface area contributed by atoms with Gasteiger partial charge < -0.3 is 9.05 Å². The summed E-state index contributed by atoms with van der Waals surface area (Å²) in [4.78, 5) is 0. The summed E-state index contributed by atoms with van der Waals surface area (Å²) < 4.78 is 24.3. The van der Waals surface area contributed by atoms with Crippen LogP contribution in [0.4, 0.5) is 0 Å². The smallest absolute Gasteiger partial charge is 0.408 e. The first kappa shape index (κ1) is 16.2. The quantitative estimate of drug-likeness (QED) is 0.340. The Kier molecular flexibility index (Phi) is 4.24. The molecule has 0 saturated carbocycles. The summed E-state index contributed by atoms with van der Waals surface area (Å²) in [6.45, 7) is 0. The third-order valence-corrected chi connectivity index (χ3v) is 5.61. The lowest BCUT2D eigenvalue weighted by Crippen LogP contribution is -1.96. The molecule has 0 atom stereocenters. The topological polar surface area (TPSA) is 35.5 Å². The minimum atomic E-state index is -3.53. The second kappa shape index (κ2) is 6.55. The molecular weight excluding hydrogens is 399 g/mol. The minimum Gasteiger partial charge on any atom is -0.408 e. The van der Waals surface area contributed by atoms with Crippen molar-refractivity contribution in [3.05, 3.63) is 84.9 Å². The van der Waals surface area contributed by atoms with Crippen LogP contribution in [0.25, 0.3) is 21.5 Å². The third-order valence-electron chi connectivity index (χ3n) is 3.91. The summed E-state index contributed by atoms with van der Waals surface area (Å²) in [5.41, 5.74) is 0. The molecule has 0 N–H and O–H groups in total. The van der Waals surface area contributed by atoms with Crippen molar-refractivity contribution < 1.29 is 13.6 Å². The number of rotatable bonds is 4. The number of halogens is 1. The van der Waals surface area contributed by atoms with Gasteiger partial charge in [-0.3, -0.25) is 0 Å². The maximum Gasteiger partial charge on any atom is 0.498 e. The molecule has 4 aromatic rings. The van der Waals surface area contributed by atoms with Crippen LogP contribution in [0, 0.1) is 0 Å². The predicted octanol–water partition coefficient (Wildman–Crippen LogP) is 6.95. The molecule has 0 aliphatic carbocycles. The summed E-state index contributed by atoms with van der Waals surface area (Å²) in [6, 6.07) is 26.8. The predicted molar refractivity (Wildman–Crippen MR) is 106 cm³/mol. The van der Waals surface area contributed by atoms with E-state index in [-0.39, 0.29) is 0 Å². The molecule has 25 heavy (non-hydrogen) atoms. The standard InChI is InChI=1S/C20H14BrO3P/c21-25(22,23-19-13-5-9-15-7-1-3-11-17(15)19)24-20-14-6-10-16-8-2-4-12-18(16)20/h1-14H. The van der Waals surface area contributed by atoms with Crippen LogP contribution >= 0.6 is 21.8 Å². The minimum absolute atomic E-state index is 0.513. The first-order valence-corrected chi connectivity index (χ1v) is 11.3.